The van der Waals surface area contributed by atoms with E-state index in [4.69, 9.17) is 23.2 Å². The maximum atomic E-state index is 10.6. The first-order valence-electron chi connectivity index (χ1n) is 3.48. The number of hydrogen-bond donors (Lipinski definition) is 0. The van der Waals surface area contributed by atoms with E-state index in [1.807, 2.05) is 0 Å². The summed E-state index contributed by atoms with van der Waals surface area (Å²) in [6.07, 6.45) is 0.780. The molecule has 0 saturated carbocycles. The summed E-state index contributed by atoms with van der Waals surface area (Å²) in [5, 5.41) is 1.07. The average Bonchev–Trinajstić information content (AvgIpc) is 2.02. The van der Waals surface area contributed by atoms with Gasteiger partial charge in [0.25, 0.3) is 0 Å². The zero-order valence-corrected chi connectivity index (χ0v) is 8.33. The second-order valence-corrected chi connectivity index (χ2v) is 3.44. The first-order valence-corrected chi connectivity index (χ1v) is 4.24. The molecule has 1 rings (SSSR count). The molecule has 0 N–H and O–H groups in total. The molecule has 0 aliphatic heterocycles. The molecule has 0 aliphatic carbocycles. The highest BCUT2D eigenvalue weighted by Crippen LogP contribution is 2.27. The van der Waals surface area contributed by atoms with Gasteiger partial charge in [0, 0.05) is 15.6 Å². The van der Waals surface area contributed by atoms with E-state index in [0.717, 1.165) is 17.4 Å². The quantitative estimate of drug-likeness (QED) is 0.639. The van der Waals surface area contributed by atoms with Crippen LogP contribution in [-0.2, 0) is 0 Å². The van der Waals surface area contributed by atoms with Crippen LogP contribution < -0.4 is 0 Å². The molecule has 1 aromatic rings. The van der Waals surface area contributed by atoms with Gasteiger partial charge in [0.2, 0.25) is 0 Å². The summed E-state index contributed by atoms with van der Waals surface area (Å²) < 4.78 is 0. The molecule has 0 aromatic heterocycles. The van der Waals surface area contributed by atoms with Gasteiger partial charge in [-0.05, 0) is 31.0 Å². The van der Waals surface area contributed by atoms with Gasteiger partial charge in [-0.15, -0.1) is 0 Å². The van der Waals surface area contributed by atoms with Crippen molar-refractivity contribution in [2.45, 2.75) is 13.8 Å². The van der Waals surface area contributed by atoms with Crippen molar-refractivity contribution in [2.75, 3.05) is 0 Å². The van der Waals surface area contributed by atoms with Gasteiger partial charge in [-0.2, -0.15) is 0 Å². The minimum atomic E-state index is 0.535. The van der Waals surface area contributed by atoms with Crippen molar-refractivity contribution in [1.29, 1.82) is 0 Å². The second-order valence-electron chi connectivity index (χ2n) is 2.62. The SMILES string of the molecule is Cc1c(Cl)cc(Cl)c(C)c1C=O. The molecular formula is C9H8Cl2O. The maximum absolute atomic E-state index is 10.6. The van der Waals surface area contributed by atoms with Crippen molar-refractivity contribution in [3.8, 4) is 0 Å². The first-order chi connectivity index (χ1) is 5.57. The van der Waals surface area contributed by atoms with Crippen LogP contribution in [0.15, 0.2) is 6.07 Å². The van der Waals surface area contributed by atoms with E-state index in [1.165, 1.54) is 0 Å². The van der Waals surface area contributed by atoms with E-state index in [-0.39, 0.29) is 0 Å². The number of halogens is 2. The van der Waals surface area contributed by atoms with Crippen LogP contribution in [0.2, 0.25) is 10.0 Å². The van der Waals surface area contributed by atoms with Gasteiger partial charge in [-0.1, -0.05) is 23.2 Å². The van der Waals surface area contributed by atoms with Crippen LogP contribution in [0.3, 0.4) is 0 Å². The second kappa shape index (κ2) is 3.46. The Hall–Kier alpha value is -0.530. The van der Waals surface area contributed by atoms with Crippen LogP contribution in [0.4, 0.5) is 0 Å². The van der Waals surface area contributed by atoms with Crippen molar-refractivity contribution < 1.29 is 4.79 Å². The lowest BCUT2D eigenvalue weighted by Gasteiger charge is -2.06. The van der Waals surface area contributed by atoms with Gasteiger partial charge in [0.1, 0.15) is 0 Å². The third kappa shape index (κ3) is 1.47. The lowest BCUT2D eigenvalue weighted by atomic mass is 10.0. The molecule has 0 unspecified atom stereocenters. The van der Waals surface area contributed by atoms with Gasteiger partial charge in [-0.3, -0.25) is 4.79 Å². The molecule has 0 radical (unpaired) electrons. The Balaban J connectivity index is 3.52. The molecule has 0 atom stereocenters. The molecule has 3 heteroatoms. The Morgan fingerprint density at radius 1 is 1.17 bits per heavy atom. The summed E-state index contributed by atoms with van der Waals surface area (Å²) in [4.78, 5) is 10.6. The molecule has 0 amide bonds. The van der Waals surface area contributed by atoms with E-state index >= 15 is 0 Å². The Morgan fingerprint density at radius 2 is 1.58 bits per heavy atom. The fourth-order valence-electron chi connectivity index (χ4n) is 1.04. The topological polar surface area (TPSA) is 17.1 Å². The molecule has 0 aliphatic rings. The summed E-state index contributed by atoms with van der Waals surface area (Å²) in [6, 6.07) is 1.65. The van der Waals surface area contributed by atoms with Crippen molar-refractivity contribution in [2.24, 2.45) is 0 Å². The summed E-state index contributed by atoms with van der Waals surface area (Å²) in [7, 11) is 0. The molecule has 12 heavy (non-hydrogen) atoms. The molecule has 0 fully saturated rings. The first kappa shape index (κ1) is 9.56. The molecule has 64 valence electrons. The van der Waals surface area contributed by atoms with E-state index in [2.05, 4.69) is 0 Å². The van der Waals surface area contributed by atoms with Gasteiger partial charge in [-0.25, -0.2) is 0 Å². The third-order valence-corrected chi connectivity index (χ3v) is 2.68. The van der Waals surface area contributed by atoms with E-state index in [9.17, 15) is 4.79 Å². The molecule has 1 aromatic carbocycles. The zero-order valence-electron chi connectivity index (χ0n) is 6.82. The molecule has 1 nitrogen and oxygen atoms in total. The van der Waals surface area contributed by atoms with Crippen molar-refractivity contribution in [1.82, 2.24) is 0 Å². The summed E-state index contributed by atoms with van der Waals surface area (Å²) >= 11 is 11.7. The van der Waals surface area contributed by atoms with Gasteiger partial charge in [0.15, 0.2) is 6.29 Å². The Labute approximate surface area is 81.3 Å². The van der Waals surface area contributed by atoms with Crippen LogP contribution >= 0.6 is 23.2 Å². The van der Waals surface area contributed by atoms with E-state index in [1.54, 1.807) is 19.9 Å². The van der Waals surface area contributed by atoms with Crippen molar-refractivity contribution in [3.63, 3.8) is 0 Å². The van der Waals surface area contributed by atoms with Crippen LogP contribution in [0, 0.1) is 13.8 Å². The van der Waals surface area contributed by atoms with Crippen LogP contribution in [0.25, 0.3) is 0 Å². The van der Waals surface area contributed by atoms with Crippen LogP contribution in [-0.4, -0.2) is 6.29 Å². The van der Waals surface area contributed by atoms with Crippen LogP contribution in [0.5, 0.6) is 0 Å². The standard InChI is InChI=1S/C9H8Cl2O/c1-5-7(4-12)6(2)9(11)3-8(5)10/h3-4H,1-2H3. The monoisotopic (exact) mass is 202 g/mol. The normalized spacial score (nSPS) is 10.0. The molecule has 0 heterocycles. The summed E-state index contributed by atoms with van der Waals surface area (Å²) in [5.74, 6) is 0. The summed E-state index contributed by atoms with van der Waals surface area (Å²) in [5.41, 5.74) is 2.16. The van der Waals surface area contributed by atoms with E-state index in [0.29, 0.717) is 15.6 Å². The van der Waals surface area contributed by atoms with Gasteiger partial charge >= 0.3 is 0 Å². The lowest BCUT2D eigenvalue weighted by Crippen LogP contribution is -1.93. The fourth-order valence-corrected chi connectivity index (χ4v) is 1.52. The Kier molecular flexibility index (Phi) is 2.76. The number of carbonyl (C=O) groups excluding carboxylic acids is 1. The number of benzene rings is 1. The molecule has 0 spiro atoms. The van der Waals surface area contributed by atoms with Crippen molar-refractivity contribution in [3.05, 3.63) is 32.8 Å². The third-order valence-electron chi connectivity index (χ3n) is 1.90. The number of hydrogen-bond acceptors (Lipinski definition) is 1. The smallest absolute Gasteiger partial charge is 0.150 e. The largest absolute Gasteiger partial charge is 0.298 e. The number of carbonyl (C=O) groups is 1. The zero-order chi connectivity index (χ0) is 9.30. The highest BCUT2D eigenvalue weighted by Gasteiger charge is 2.08. The highest BCUT2D eigenvalue weighted by molar-refractivity contribution is 6.36. The van der Waals surface area contributed by atoms with Crippen LogP contribution in [0.1, 0.15) is 21.5 Å². The van der Waals surface area contributed by atoms with Gasteiger partial charge < -0.3 is 0 Å². The predicted molar refractivity (Wildman–Crippen MR) is 51.3 cm³/mol. The summed E-state index contributed by atoms with van der Waals surface area (Å²) in [6.45, 7) is 3.60. The minimum absolute atomic E-state index is 0.535. The lowest BCUT2D eigenvalue weighted by molar-refractivity contribution is 0.112. The minimum Gasteiger partial charge on any atom is -0.298 e. The molecule has 0 saturated heterocycles. The molecule has 0 bridgehead atoms. The Morgan fingerprint density at radius 3 is 1.92 bits per heavy atom. The molecular weight excluding hydrogens is 195 g/mol. The number of rotatable bonds is 1. The highest BCUT2D eigenvalue weighted by atomic mass is 35.5. The van der Waals surface area contributed by atoms with Crippen molar-refractivity contribution >= 4 is 29.5 Å². The average molecular weight is 203 g/mol. The van der Waals surface area contributed by atoms with Gasteiger partial charge in [0.05, 0.1) is 0 Å². The number of aldehydes is 1. The maximum Gasteiger partial charge on any atom is 0.150 e. The van der Waals surface area contributed by atoms with E-state index < -0.39 is 0 Å². The predicted octanol–water partition coefficient (Wildman–Crippen LogP) is 3.42. The fraction of sp³-hybridized carbons (Fsp3) is 0.222. The Bertz CT molecular complexity index is 306.